The SMILES string of the molecule is CNCc1[nH]nc(-c2ccc(OCC3CCCO3)cc2)c1C. The van der Waals surface area contributed by atoms with E-state index in [1.165, 1.54) is 5.56 Å². The van der Waals surface area contributed by atoms with Crippen molar-refractivity contribution in [3.63, 3.8) is 0 Å². The van der Waals surface area contributed by atoms with Crippen LogP contribution in [-0.4, -0.2) is 36.6 Å². The van der Waals surface area contributed by atoms with Gasteiger partial charge in [-0.3, -0.25) is 5.10 Å². The lowest BCUT2D eigenvalue weighted by Crippen LogP contribution is -2.16. The van der Waals surface area contributed by atoms with Gasteiger partial charge in [-0.1, -0.05) is 0 Å². The van der Waals surface area contributed by atoms with E-state index in [4.69, 9.17) is 9.47 Å². The summed E-state index contributed by atoms with van der Waals surface area (Å²) < 4.78 is 11.4. The fourth-order valence-corrected chi connectivity index (χ4v) is 2.74. The molecule has 0 aliphatic carbocycles. The Morgan fingerprint density at radius 1 is 1.36 bits per heavy atom. The minimum Gasteiger partial charge on any atom is -0.491 e. The standard InChI is InChI=1S/C17H23N3O2/c1-12-16(10-18-2)19-20-17(12)13-5-7-14(8-6-13)22-11-15-4-3-9-21-15/h5-8,15,18H,3-4,9-11H2,1-2H3,(H,19,20). The second-order valence-electron chi connectivity index (χ2n) is 5.68. The Hall–Kier alpha value is -1.85. The fourth-order valence-electron chi connectivity index (χ4n) is 2.74. The third-order valence-corrected chi connectivity index (χ3v) is 4.05. The topological polar surface area (TPSA) is 59.2 Å². The number of H-pyrrole nitrogens is 1. The summed E-state index contributed by atoms with van der Waals surface area (Å²) in [5.41, 5.74) is 4.40. The van der Waals surface area contributed by atoms with Crippen LogP contribution in [0.15, 0.2) is 24.3 Å². The predicted octanol–water partition coefficient (Wildman–Crippen LogP) is 2.66. The highest BCUT2D eigenvalue weighted by molar-refractivity contribution is 5.64. The molecule has 1 saturated heterocycles. The van der Waals surface area contributed by atoms with E-state index in [1.54, 1.807) is 0 Å². The molecule has 1 fully saturated rings. The van der Waals surface area contributed by atoms with Crippen LogP contribution in [0.25, 0.3) is 11.3 Å². The van der Waals surface area contributed by atoms with Gasteiger partial charge in [0.15, 0.2) is 0 Å². The van der Waals surface area contributed by atoms with Crippen LogP contribution in [0.3, 0.4) is 0 Å². The number of hydrogen-bond acceptors (Lipinski definition) is 4. The summed E-state index contributed by atoms with van der Waals surface area (Å²) in [7, 11) is 1.93. The first-order valence-corrected chi connectivity index (χ1v) is 7.81. The van der Waals surface area contributed by atoms with Crippen molar-refractivity contribution in [2.24, 2.45) is 0 Å². The van der Waals surface area contributed by atoms with E-state index in [2.05, 4.69) is 34.6 Å². The van der Waals surface area contributed by atoms with Crippen molar-refractivity contribution >= 4 is 0 Å². The molecule has 0 bridgehead atoms. The lowest BCUT2D eigenvalue weighted by molar-refractivity contribution is 0.0679. The number of rotatable bonds is 6. The Balaban J connectivity index is 1.65. The van der Waals surface area contributed by atoms with E-state index in [9.17, 15) is 0 Å². The molecule has 2 aromatic rings. The highest BCUT2D eigenvalue weighted by Crippen LogP contribution is 2.25. The molecule has 1 atom stereocenters. The number of aromatic nitrogens is 2. The molecule has 3 rings (SSSR count). The molecule has 1 unspecified atom stereocenters. The van der Waals surface area contributed by atoms with Crippen LogP contribution in [0, 0.1) is 6.92 Å². The molecule has 0 saturated carbocycles. The van der Waals surface area contributed by atoms with Crippen LogP contribution >= 0.6 is 0 Å². The second-order valence-corrected chi connectivity index (χ2v) is 5.68. The molecule has 5 heteroatoms. The van der Waals surface area contributed by atoms with E-state index in [0.717, 1.165) is 48.7 Å². The van der Waals surface area contributed by atoms with Crippen LogP contribution in [-0.2, 0) is 11.3 Å². The van der Waals surface area contributed by atoms with Crippen molar-refractivity contribution in [1.29, 1.82) is 0 Å². The van der Waals surface area contributed by atoms with E-state index in [-0.39, 0.29) is 6.10 Å². The molecule has 22 heavy (non-hydrogen) atoms. The number of nitrogens with one attached hydrogen (secondary N) is 2. The lowest BCUT2D eigenvalue weighted by atomic mass is 10.1. The number of ether oxygens (including phenoxy) is 2. The maximum Gasteiger partial charge on any atom is 0.119 e. The smallest absolute Gasteiger partial charge is 0.119 e. The molecule has 1 aliphatic rings. The monoisotopic (exact) mass is 301 g/mol. The number of benzene rings is 1. The molecule has 1 aromatic carbocycles. The van der Waals surface area contributed by atoms with Gasteiger partial charge >= 0.3 is 0 Å². The molecule has 1 aromatic heterocycles. The summed E-state index contributed by atoms with van der Waals surface area (Å²) in [6, 6.07) is 8.10. The van der Waals surface area contributed by atoms with Gasteiger partial charge in [-0.2, -0.15) is 5.10 Å². The average Bonchev–Trinajstić information content (AvgIpc) is 3.17. The molecular weight excluding hydrogens is 278 g/mol. The highest BCUT2D eigenvalue weighted by Gasteiger charge is 2.16. The quantitative estimate of drug-likeness (QED) is 0.861. The maximum absolute atomic E-state index is 5.79. The lowest BCUT2D eigenvalue weighted by Gasteiger charge is -2.11. The van der Waals surface area contributed by atoms with Gasteiger partial charge in [0.2, 0.25) is 0 Å². The molecule has 0 spiro atoms. The average molecular weight is 301 g/mol. The van der Waals surface area contributed by atoms with Gasteiger partial charge in [0.25, 0.3) is 0 Å². The molecule has 0 radical (unpaired) electrons. The second kappa shape index (κ2) is 6.94. The highest BCUT2D eigenvalue weighted by atomic mass is 16.5. The minimum atomic E-state index is 0.248. The first kappa shape index (κ1) is 15.1. The minimum absolute atomic E-state index is 0.248. The molecule has 5 nitrogen and oxygen atoms in total. The van der Waals surface area contributed by atoms with Crippen molar-refractivity contribution in [3.8, 4) is 17.0 Å². The Morgan fingerprint density at radius 2 is 2.18 bits per heavy atom. The van der Waals surface area contributed by atoms with Gasteiger partial charge in [-0.15, -0.1) is 0 Å². The maximum atomic E-state index is 5.79. The summed E-state index contributed by atoms with van der Waals surface area (Å²) in [6.45, 7) is 4.38. The van der Waals surface area contributed by atoms with E-state index in [0.29, 0.717) is 6.61 Å². The summed E-state index contributed by atoms with van der Waals surface area (Å²) in [6.07, 6.45) is 2.48. The molecular formula is C17H23N3O2. The van der Waals surface area contributed by atoms with Gasteiger partial charge in [0.05, 0.1) is 17.5 Å². The molecule has 118 valence electrons. The molecule has 0 amide bonds. The van der Waals surface area contributed by atoms with Crippen molar-refractivity contribution in [2.75, 3.05) is 20.3 Å². The summed E-state index contributed by atoms with van der Waals surface area (Å²) in [4.78, 5) is 0. The largest absolute Gasteiger partial charge is 0.491 e. The summed E-state index contributed by atoms with van der Waals surface area (Å²) in [5.74, 6) is 0.878. The van der Waals surface area contributed by atoms with Crippen molar-refractivity contribution in [2.45, 2.75) is 32.4 Å². The molecule has 2 N–H and O–H groups in total. The summed E-state index contributed by atoms with van der Waals surface area (Å²) >= 11 is 0. The molecule has 1 aliphatic heterocycles. The van der Waals surface area contributed by atoms with Crippen molar-refractivity contribution in [1.82, 2.24) is 15.5 Å². The summed E-state index contributed by atoms with van der Waals surface area (Å²) in [5, 5.41) is 10.6. The third kappa shape index (κ3) is 3.31. The van der Waals surface area contributed by atoms with Crippen LogP contribution in [0.1, 0.15) is 24.1 Å². The number of aromatic amines is 1. The third-order valence-electron chi connectivity index (χ3n) is 4.05. The Kier molecular flexibility index (Phi) is 4.75. The van der Waals surface area contributed by atoms with Gasteiger partial charge in [0, 0.05) is 18.7 Å². The first-order chi connectivity index (χ1) is 10.8. The zero-order valence-electron chi connectivity index (χ0n) is 13.2. The Labute approximate surface area is 131 Å². The van der Waals surface area contributed by atoms with Crippen molar-refractivity contribution < 1.29 is 9.47 Å². The van der Waals surface area contributed by atoms with Gasteiger partial charge in [-0.05, 0) is 56.6 Å². The van der Waals surface area contributed by atoms with Crippen LogP contribution in [0.4, 0.5) is 0 Å². The number of hydrogen-bond donors (Lipinski definition) is 2. The van der Waals surface area contributed by atoms with Crippen molar-refractivity contribution in [3.05, 3.63) is 35.5 Å². The Morgan fingerprint density at radius 3 is 2.86 bits per heavy atom. The van der Waals surface area contributed by atoms with Gasteiger partial charge in [-0.25, -0.2) is 0 Å². The Bertz CT molecular complexity index is 601. The first-order valence-electron chi connectivity index (χ1n) is 7.81. The van der Waals surface area contributed by atoms with Crippen LogP contribution in [0.2, 0.25) is 0 Å². The predicted molar refractivity (Wildman–Crippen MR) is 86.0 cm³/mol. The zero-order valence-corrected chi connectivity index (χ0v) is 13.2. The van der Waals surface area contributed by atoms with Gasteiger partial charge in [0.1, 0.15) is 12.4 Å². The molecule has 2 heterocycles. The van der Waals surface area contributed by atoms with E-state index >= 15 is 0 Å². The van der Waals surface area contributed by atoms with Crippen LogP contribution < -0.4 is 10.1 Å². The van der Waals surface area contributed by atoms with Crippen LogP contribution in [0.5, 0.6) is 5.75 Å². The zero-order chi connectivity index (χ0) is 15.4. The van der Waals surface area contributed by atoms with E-state index in [1.807, 2.05) is 19.2 Å². The normalized spacial score (nSPS) is 17.8. The number of nitrogens with zero attached hydrogens (tertiary/aromatic N) is 1. The fraction of sp³-hybridized carbons (Fsp3) is 0.471. The van der Waals surface area contributed by atoms with Gasteiger partial charge < -0.3 is 14.8 Å². The van der Waals surface area contributed by atoms with E-state index < -0.39 is 0 Å².